The molecule has 0 aromatic heterocycles. The molecule has 0 bridgehead atoms. The molecule has 0 aromatic carbocycles. The Morgan fingerprint density at radius 2 is 1.07 bits per heavy atom. The minimum absolute atomic E-state index is 0.0945. The lowest BCUT2D eigenvalue weighted by atomic mass is 9.97. The van der Waals surface area contributed by atoms with Crippen molar-refractivity contribution in [1.82, 2.24) is 0 Å². The molecule has 1 aliphatic rings. The van der Waals surface area contributed by atoms with Crippen LogP contribution < -0.4 is 5.73 Å². The third-order valence-electron chi connectivity index (χ3n) is 5.88. The van der Waals surface area contributed by atoms with E-state index in [-0.39, 0.29) is 6.61 Å². The van der Waals surface area contributed by atoms with Gasteiger partial charge in [0.25, 0.3) is 0 Å². The largest absolute Gasteiger partial charge is 0.397 e. The Hall–Kier alpha value is -0.170. The van der Waals surface area contributed by atoms with Gasteiger partial charge >= 0.3 is 10.4 Å². The zero-order valence-corrected chi connectivity index (χ0v) is 20.6. The number of rotatable bonds is 18. The van der Waals surface area contributed by atoms with Gasteiger partial charge in [-0.05, 0) is 19.3 Å². The molecular weight excluding hydrogens is 398 g/mol. The molecule has 0 heterocycles. The first-order chi connectivity index (χ1) is 14.5. The highest BCUT2D eigenvalue weighted by Gasteiger charge is 2.06. The van der Waals surface area contributed by atoms with Gasteiger partial charge in [-0.25, -0.2) is 4.18 Å². The van der Waals surface area contributed by atoms with E-state index < -0.39 is 10.4 Å². The molecule has 5 nitrogen and oxygen atoms in total. The molecule has 3 N–H and O–H groups in total. The van der Waals surface area contributed by atoms with Gasteiger partial charge in [-0.15, -0.1) is 0 Å². The summed E-state index contributed by atoms with van der Waals surface area (Å²) >= 11 is 0. The molecular formula is C24H51NO4S. The van der Waals surface area contributed by atoms with E-state index in [1.165, 1.54) is 116 Å². The summed E-state index contributed by atoms with van der Waals surface area (Å²) in [6, 6.07) is 0.536. The molecule has 1 fully saturated rings. The van der Waals surface area contributed by atoms with Crippen molar-refractivity contribution < 1.29 is 17.2 Å². The van der Waals surface area contributed by atoms with E-state index in [1.807, 2.05) is 0 Å². The van der Waals surface area contributed by atoms with E-state index in [2.05, 4.69) is 11.1 Å². The monoisotopic (exact) mass is 449 g/mol. The van der Waals surface area contributed by atoms with Gasteiger partial charge in [-0.1, -0.05) is 122 Å². The highest BCUT2D eigenvalue weighted by molar-refractivity contribution is 7.80. The summed E-state index contributed by atoms with van der Waals surface area (Å²) < 4.78 is 33.3. The summed E-state index contributed by atoms with van der Waals surface area (Å²) in [5, 5.41) is 0. The number of nitrogens with two attached hydrogens (primary N) is 1. The molecule has 0 aliphatic heterocycles. The van der Waals surface area contributed by atoms with Crippen LogP contribution in [-0.4, -0.2) is 25.6 Å². The number of hydrogen-bond donors (Lipinski definition) is 2. The molecule has 0 amide bonds. The van der Waals surface area contributed by atoms with Crippen molar-refractivity contribution in [2.24, 2.45) is 5.73 Å². The Balaban J connectivity index is 0.000001000. The van der Waals surface area contributed by atoms with E-state index in [4.69, 9.17) is 10.3 Å². The van der Waals surface area contributed by atoms with Crippen molar-refractivity contribution in [3.8, 4) is 0 Å². The Morgan fingerprint density at radius 1 is 0.700 bits per heavy atom. The van der Waals surface area contributed by atoms with Gasteiger partial charge in [0.15, 0.2) is 0 Å². The Morgan fingerprint density at radius 3 is 1.37 bits per heavy atom. The molecule has 0 atom stereocenters. The minimum Gasteiger partial charge on any atom is -0.328 e. The number of unbranched alkanes of at least 4 members (excludes halogenated alkanes) is 15. The van der Waals surface area contributed by atoms with Gasteiger partial charge < -0.3 is 5.73 Å². The fourth-order valence-corrected chi connectivity index (χ4v) is 4.28. The van der Waals surface area contributed by atoms with Crippen molar-refractivity contribution in [3.05, 3.63) is 0 Å². The van der Waals surface area contributed by atoms with Crippen molar-refractivity contribution >= 4 is 10.4 Å². The lowest BCUT2D eigenvalue weighted by Crippen LogP contribution is -2.22. The van der Waals surface area contributed by atoms with E-state index in [0.717, 1.165) is 12.8 Å². The van der Waals surface area contributed by atoms with Crippen LogP contribution in [0.15, 0.2) is 0 Å². The molecule has 1 rings (SSSR count). The van der Waals surface area contributed by atoms with Crippen molar-refractivity contribution in [3.63, 3.8) is 0 Å². The molecule has 0 saturated heterocycles. The van der Waals surface area contributed by atoms with Crippen LogP contribution in [0.3, 0.4) is 0 Å². The minimum atomic E-state index is -4.24. The summed E-state index contributed by atoms with van der Waals surface area (Å²) in [4.78, 5) is 0. The first-order valence-corrected chi connectivity index (χ1v) is 14.2. The summed E-state index contributed by atoms with van der Waals surface area (Å²) in [5.74, 6) is 0. The second kappa shape index (κ2) is 22.0. The third-order valence-corrected chi connectivity index (χ3v) is 6.34. The second-order valence-corrected chi connectivity index (χ2v) is 10.0. The van der Waals surface area contributed by atoms with Gasteiger partial charge in [0.2, 0.25) is 0 Å². The first-order valence-electron chi connectivity index (χ1n) is 12.8. The molecule has 1 aliphatic carbocycles. The normalized spacial score (nSPS) is 15.0. The van der Waals surface area contributed by atoms with Crippen LogP contribution in [0, 0.1) is 0 Å². The van der Waals surface area contributed by atoms with Gasteiger partial charge in [-0.2, -0.15) is 8.42 Å². The fourth-order valence-electron chi connectivity index (χ4n) is 3.95. The first kappa shape index (κ1) is 29.8. The predicted molar refractivity (Wildman–Crippen MR) is 128 cm³/mol. The molecule has 0 radical (unpaired) electrons. The molecule has 6 heteroatoms. The van der Waals surface area contributed by atoms with Crippen molar-refractivity contribution in [2.45, 2.75) is 148 Å². The standard InChI is InChI=1S/C18H38O4S.C6H13N/c1-2-3-4-5-6-7-8-9-10-11-12-13-14-15-16-17-18-22-23(19,20)21;7-6-4-2-1-3-5-6/h2-18H2,1H3,(H,19,20,21);6H,1-5,7H2. The third kappa shape index (κ3) is 25.9. The van der Waals surface area contributed by atoms with E-state index in [9.17, 15) is 8.42 Å². The molecule has 182 valence electrons. The molecule has 1 saturated carbocycles. The zero-order chi connectivity index (χ0) is 22.3. The van der Waals surface area contributed by atoms with Crippen molar-refractivity contribution in [2.75, 3.05) is 6.61 Å². The zero-order valence-electron chi connectivity index (χ0n) is 19.8. The fraction of sp³-hybridized carbons (Fsp3) is 1.00. The van der Waals surface area contributed by atoms with Crippen LogP contribution in [0.4, 0.5) is 0 Å². The average Bonchev–Trinajstić information content (AvgIpc) is 2.70. The lowest BCUT2D eigenvalue weighted by Gasteiger charge is -2.15. The summed E-state index contributed by atoms with van der Waals surface area (Å²) in [7, 11) is -4.24. The van der Waals surface area contributed by atoms with Gasteiger partial charge in [0.1, 0.15) is 0 Å². The second-order valence-electron chi connectivity index (χ2n) is 8.95. The van der Waals surface area contributed by atoms with E-state index in [0.29, 0.717) is 12.5 Å². The molecule has 30 heavy (non-hydrogen) atoms. The summed E-state index contributed by atoms with van der Waals surface area (Å²) in [6.45, 7) is 2.36. The van der Waals surface area contributed by atoms with Crippen LogP contribution >= 0.6 is 0 Å². The summed E-state index contributed by atoms with van der Waals surface area (Å²) in [6.07, 6.45) is 27.1. The van der Waals surface area contributed by atoms with Gasteiger partial charge in [0.05, 0.1) is 6.61 Å². The maximum atomic E-state index is 10.3. The van der Waals surface area contributed by atoms with E-state index in [1.54, 1.807) is 0 Å². The Labute approximate surface area is 187 Å². The van der Waals surface area contributed by atoms with Gasteiger partial charge in [-0.3, -0.25) is 4.55 Å². The van der Waals surface area contributed by atoms with Gasteiger partial charge in [0, 0.05) is 6.04 Å². The van der Waals surface area contributed by atoms with Crippen LogP contribution in [0.2, 0.25) is 0 Å². The quantitative estimate of drug-likeness (QED) is 0.169. The highest BCUT2D eigenvalue weighted by Crippen LogP contribution is 2.15. The molecule has 0 unspecified atom stereocenters. The SMILES string of the molecule is CCCCCCCCCCCCCCCCCCOS(=O)(=O)O.NC1CCCCC1. The van der Waals surface area contributed by atoms with Crippen LogP contribution in [0.1, 0.15) is 142 Å². The highest BCUT2D eigenvalue weighted by atomic mass is 32.3. The van der Waals surface area contributed by atoms with Crippen molar-refractivity contribution in [1.29, 1.82) is 0 Å². The molecule has 0 spiro atoms. The smallest absolute Gasteiger partial charge is 0.328 e. The number of hydrogen-bond acceptors (Lipinski definition) is 4. The topological polar surface area (TPSA) is 89.6 Å². The summed E-state index contributed by atoms with van der Waals surface area (Å²) in [5.41, 5.74) is 5.63. The Kier molecular flexibility index (Phi) is 21.9. The van der Waals surface area contributed by atoms with Crippen LogP contribution in [-0.2, 0) is 14.6 Å². The maximum absolute atomic E-state index is 10.3. The van der Waals surface area contributed by atoms with Crippen LogP contribution in [0.5, 0.6) is 0 Å². The average molecular weight is 450 g/mol. The maximum Gasteiger partial charge on any atom is 0.397 e. The van der Waals surface area contributed by atoms with Crippen LogP contribution in [0.25, 0.3) is 0 Å². The van der Waals surface area contributed by atoms with E-state index >= 15 is 0 Å². The molecule has 0 aromatic rings. The Bertz CT molecular complexity index is 436. The lowest BCUT2D eigenvalue weighted by molar-refractivity contribution is 0.261. The predicted octanol–water partition coefficient (Wildman–Crippen LogP) is 7.35.